The molecule has 2 aromatic rings. The first-order valence-electron chi connectivity index (χ1n) is 14.3. The lowest BCUT2D eigenvalue weighted by atomic mass is 9.97. The Bertz CT molecular complexity index is 1340. The number of rotatable bonds is 9. The van der Waals surface area contributed by atoms with E-state index in [9.17, 15) is 18.3 Å². The minimum absolute atomic E-state index is 0.126. The van der Waals surface area contributed by atoms with Gasteiger partial charge in [0.2, 0.25) is 0 Å². The average molecular weight is 604 g/mol. The first kappa shape index (κ1) is 31.1. The van der Waals surface area contributed by atoms with E-state index in [4.69, 9.17) is 19.9 Å². The van der Waals surface area contributed by atoms with Gasteiger partial charge in [0.05, 0.1) is 25.4 Å². The van der Waals surface area contributed by atoms with Gasteiger partial charge < -0.3 is 35.3 Å². The molecule has 3 aliphatic rings. The van der Waals surface area contributed by atoms with E-state index in [0.29, 0.717) is 42.3 Å². The van der Waals surface area contributed by atoms with Crippen molar-refractivity contribution in [3.8, 4) is 5.75 Å². The molecule has 0 saturated carbocycles. The van der Waals surface area contributed by atoms with Crippen LogP contribution in [-0.4, -0.2) is 98.8 Å². The Morgan fingerprint density at radius 1 is 1.09 bits per heavy atom. The van der Waals surface area contributed by atoms with Crippen molar-refractivity contribution in [3.63, 3.8) is 0 Å². The van der Waals surface area contributed by atoms with E-state index >= 15 is 0 Å². The maximum Gasteiger partial charge on any atom is 0.412 e. The number of nitrogens with two attached hydrogens (primary N) is 1. The van der Waals surface area contributed by atoms with Gasteiger partial charge in [0.15, 0.2) is 12.5 Å². The van der Waals surface area contributed by atoms with Gasteiger partial charge in [-0.1, -0.05) is 42.0 Å². The number of methoxy groups -OCH3 is 2. The number of fused-ring (bicyclic) bond motifs is 1. The number of anilines is 1. The quantitative estimate of drug-likeness (QED) is 0.395. The molecular weight excluding hydrogens is 563 g/mol. The van der Waals surface area contributed by atoms with Crippen LogP contribution in [0, 0.1) is 6.92 Å². The van der Waals surface area contributed by atoms with Crippen LogP contribution in [0.3, 0.4) is 0 Å². The predicted molar refractivity (Wildman–Crippen MR) is 158 cm³/mol. The molecule has 2 aromatic carbocycles. The molecular formula is C31H40F3N5O4. The van der Waals surface area contributed by atoms with E-state index < -0.39 is 30.8 Å². The Kier molecular flexibility index (Phi) is 9.23. The van der Waals surface area contributed by atoms with Crippen LogP contribution in [-0.2, 0) is 9.47 Å². The van der Waals surface area contributed by atoms with Crippen LogP contribution < -0.4 is 15.8 Å². The smallest absolute Gasteiger partial charge is 0.412 e. The van der Waals surface area contributed by atoms with Gasteiger partial charge in [-0.05, 0) is 24.6 Å². The first-order chi connectivity index (χ1) is 20.5. The number of likely N-dealkylation sites (N-methyl/N-ethyl adjacent to an activating group) is 1. The Morgan fingerprint density at radius 2 is 1.79 bits per heavy atom. The number of nitrogens with one attached hydrogen (secondary N) is 1. The molecule has 0 spiro atoms. The number of hydrogen-bond acceptors (Lipinski definition) is 9. The third kappa shape index (κ3) is 6.34. The zero-order valence-corrected chi connectivity index (χ0v) is 24.9. The van der Waals surface area contributed by atoms with Crippen LogP contribution in [0.4, 0.5) is 18.9 Å². The molecule has 0 aliphatic carbocycles. The molecule has 5 rings (SSSR count). The summed E-state index contributed by atoms with van der Waals surface area (Å²) in [6.45, 7) is 5.56. The number of hydrogen-bond donors (Lipinski definition) is 3. The number of benzene rings is 2. The Hall–Kier alpha value is -3.29. The minimum Gasteiger partial charge on any atom is -0.495 e. The highest BCUT2D eigenvalue weighted by molar-refractivity contribution is 5.79. The number of piperazine rings is 1. The number of aliphatic hydroxyl groups excluding tert-OH is 1. The molecule has 3 aliphatic heterocycles. The highest BCUT2D eigenvalue weighted by atomic mass is 19.4. The normalized spacial score (nSPS) is 22.7. The summed E-state index contributed by atoms with van der Waals surface area (Å²) in [5.74, 6) is 0.868. The van der Waals surface area contributed by atoms with E-state index in [1.54, 1.807) is 19.2 Å². The molecule has 0 aromatic heterocycles. The number of ether oxygens (including phenoxy) is 3. The molecule has 0 radical (unpaired) electrons. The summed E-state index contributed by atoms with van der Waals surface area (Å²) in [4.78, 5) is 6.39. The van der Waals surface area contributed by atoms with Gasteiger partial charge in [-0.3, -0.25) is 9.80 Å². The fraction of sp³-hybridized carbons (Fsp3) is 0.484. The Morgan fingerprint density at radius 3 is 2.40 bits per heavy atom. The molecule has 1 fully saturated rings. The summed E-state index contributed by atoms with van der Waals surface area (Å²) in [5, 5.41) is 13.4. The monoisotopic (exact) mass is 603 g/mol. The fourth-order valence-electron chi connectivity index (χ4n) is 6.00. The van der Waals surface area contributed by atoms with Crippen molar-refractivity contribution in [1.82, 2.24) is 14.7 Å². The van der Waals surface area contributed by atoms with Gasteiger partial charge in [-0.25, -0.2) is 0 Å². The van der Waals surface area contributed by atoms with Gasteiger partial charge in [-0.15, -0.1) is 0 Å². The maximum atomic E-state index is 13.5. The number of aliphatic hydroxyl groups is 1. The van der Waals surface area contributed by atoms with E-state index in [1.165, 1.54) is 13.2 Å². The third-order valence-corrected chi connectivity index (χ3v) is 8.38. The highest BCUT2D eigenvalue weighted by Gasteiger charge is 2.43. The summed E-state index contributed by atoms with van der Waals surface area (Å²) in [5.41, 5.74) is 10.5. The molecule has 3 heterocycles. The number of halogens is 3. The third-order valence-electron chi connectivity index (χ3n) is 8.38. The number of aryl methyl sites for hydroxylation is 1. The second-order valence-corrected chi connectivity index (χ2v) is 11.1. The Balaban J connectivity index is 1.31. The van der Waals surface area contributed by atoms with Crippen LogP contribution in [0.2, 0.25) is 0 Å². The molecule has 4 N–H and O–H groups in total. The molecule has 4 unspecified atom stereocenters. The summed E-state index contributed by atoms with van der Waals surface area (Å²) >= 11 is 0. The van der Waals surface area contributed by atoms with Gasteiger partial charge in [0.25, 0.3) is 0 Å². The van der Waals surface area contributed by atoms with Gasteiger partial charge in [0.1, 0.15) is 23.2 Å². The topological polar surface area (TPSA) is 95.7 Å². The van der Waals surface area contributed by atoms with Crippen molar-refractivity contribution in [2.24, 2.45) is 5.73 Å². The summed E-state index contributed by atoms with van der Waals surface area (Å²) in [6.07, 6.45) is -3.53. The van der Waals surface area contributed by atoms with Gasteiger partial charge >= 0.3 is 6.18 Å². The largest absolute Gasteiger partial charge is 0.495 e. The number of β-amino-alcohol motifs (C(OH)–C–C–N with tert-alkyl or cyclic N) is 1. The average Bonchev–Trinajstić information content (AvgIpc) is 3.32. The highest BCUT2D eigenvalue weighted by Crippen LogP contribution is 2.45. The molecule has 43 heavy (non-hydrogen) atoms. The summed E-state index contributed by atoms with van der Waals surface area (Å²) in [6, 6.07) is 9.55. The molecule has 1 saturated heterocycles. The Labute approximate surface area is 250 Å². The standard InChI is InChI=1S/C31H40F3N5O4/c1-19-5-7-20(8-6-19)23(40)18-38-13-15-39(16-14-38)30(42-4)28-25(17-35)43-29(37(28)2)22-9-11-24(41-3)27-21(22)10-12-26(36-27)31(32,33)34/h5-12,23,26,29-30,36,40H,13-18,35H2,1-4H3. The van der Waals surface area contributed by atoms with E-state index in [-0.39, 0.29) is 12.2 Å². The van der Waals surface area contributed by atoms with Crippen LogP contribution in [0.5, 0.6) is 5.75 Å². The molecule has 234 valence electrons. The lowest BCUT2D eigenvalue weighted by Gasteiger charge is -2.40. The van der Waals surface area contributed by atoms with Gasteiger partial charge in [0, 0.05) is 58.0 Å². The molecule has 0 bridgehead atoms. The zero-order chi connectivity index (χ0) is 30.9. The van der Waals surface area contributed by atoms with Crippen molar-refractivity contribution in [2.45, 2.75) is 37.7 Å². The predicted octanol–water partition coefficient (Wildman–Crippen LogP) is 3.83. The minimum atomic E-state index is -4.45. The maximum absolute atomic E-state index is 13.5. The molecule has 0 amide bonds. The van der Waals surface area contributed by atoms with Crippen LogP contribution in [0.25, 0.3) is 6.08 Å². The van der Waals surface area contributed by atoms with Crippen LogP contribution in [0.1, 0.15) is 34.6 Å². The van der Waals surface area contributed by atoms with Crippen LogP contribution in [0.15, 0.2) is 53.9 Å². The second kappa shape index (κ2) is 12.7. The molecule has 4 atom stereocenters. The van der Waals surface area contributed by atoms with Crippen molar-refractivity contribution in [1.29, 1.82) is 0 Å². The van der Waals surface area contributed by atoms with Crippen molar-refractivity contribution in [3.05, 3.63) is 76.2 Å². The van der Waals surface area contributed by atoms with Crippen molar-refractivity contribution in [2.75, 3.05) is 65.9 Å². The fourth-order valence-corrected chi connectivity index (χ4v) is 6.00. The molecule has 9 nitrogen and oxygen atoms in total. The zero-order valence-electron chi connectivity index (χ0n) is 24.9. The lowest BCUT2D eigenvalue weighted by molar-refractivity contribution is -0.132. The summed E-state index contributed by atoms with van der Waals surface area (Å²) < 4.78 is 58.3. The van der Waals surface area contributed by atoms with Gasteiger partial charge in [-0.2, -0.15) is 13.2 Å². The second-order valence-electron chi connectivity index (χ2n) is 11.1. The van der Waals surface area contributed by atoms with Crippen LogP contribution >= 0.6 is 0 Å². The lowest BCUT2D eigenvalue weighted by Crippen LogP contribution is -2.53. The van der Waals surface area contributed by atoms with Crippen molar-refractivity contribution < 1.29 is 32.5 Å². The van der Waals surface area contributed by atoms with Crippen molar-refractivity contribution >= 4 is 11.8 Å². The van der Waals surface area contributed by atoms with E-state index in [1.807, 2.05) is 43.1 Å². The van der Waals surface area contributed by atoms with E-state index in [2.05, 4.69) is 15.1 Å². The number of alkyl halides is 3. The first-order valence-corrected chi connectivity index (χ1v) is 14.3. The van der Waals surface area contributed by atoms with E-state index in [0.717, 1.165) is 36.0 Å². The summed E-state index contributed by atoms with van der Waals surface area (Å²) in [7, 11) is 4.94. The SMILES string of the molecule is COc1ccc(C2OC(CN)=C(C(OC)N3CCN(CC(O)c4ccc(C)cc4)CC3)N2C)c2c1NC(C(F)(F)F)C=C2. The number of nitrogens with zero attached hydrogens (tertiary/aromatic N) is 3. The molecule has 12 heteroatoms.